The van der Waals surface area contributed by atoms with E-state index in [0.717, 1.165) is 50.9 Å². The Kier molecular flexibility index (Phi) is 5.24. The largest absolute Gasteiger partial charge is 0.315 e. The van der Waals surface area contributed by atoms with Crippen LogP contribution < -0.4 is 5.32 Å². The topological polar surface area (TPSA) is 39.1 Å². The highest BCUT2D eigenvalue weighted by atomic mass is 15.2. The Balaban J connectivity index is 2.05. The fourth-order valence-electron chi connectivity index (χ4n) is 3.97. The van der Waals surface area contributed by atoms with Crippen LogP contribution in [0.4, 0.5) is 0 Å². The van der Waals surface area contributed by atoms with E-state index in [1.807, 2.05) is 0 Å². The van der Waals surface area contributed by atoms with Gasteiger partial charge in [0.15, 0.2) is 0 Å². The second-order valence-corrected chi connectivity index (χ2v) is 6.83. The Morgan fingerprint density at radius 2 is 2.16 bits per heavy atom. The van der Waals surface area contributed by atoms with E-state index in [1.54, 1.807) is 0 Å². The predicted molar refractivity (Wildman–Crippen MR) is 78.8 cm³/mol. The van der Waals surface area contributed by atoms with Gasteiger partial charge in [0.2, 0.25) is 0 Å². The molecule has 1 saturated heterocycles. The first kappa shape index (κ1) is 14.8. The van der Waals surface area contributed by atoms with Crippen LogP contribution in [0.2, 0.25) is 0 Å². The molecular formula is C16H29N3. The highest BCUT2D eigenvalue weighted by Gasteiger charge is 2.41. The van der Waals surface area contributed by atoms with Gasteiger partial charge in [-0.3, -0.25) is 4.90 Å². The second-order valence-electron chi connectivity index (χ2n) is 6.83. The van der Waals surface area contributed by atoms with Crippen molar-refractivity contribution in [2.75, 3.05) is 26.2 Å². The highest BCUT2D eigenvalue weighted by Crippen LogP contribution is 2.39. The van der Waals surface area contributed by atoms with E-state index >= 15 is 0 Å². The fourth-order valence-corrected chi connectivity index (χ4v) is 3.97. The Labute approximate surface area is 118 Å². The Hall–Kier alpha value is -0.590. The van der Waals surface area contributed by atoms with E-state index in [1.165, 1.54) is 25.7 Å². The van der Waals surface area contributed by atoms with Gasteiger partial charge in [0.25, 0.3) is 0 Å². The maximum absolute atomic E-state index is 9.83. The van der Waals surface area contributed by atoms with Crippen LogP contribution in [-0.4, -0.2) is 36.6 Å². The molecule has 2 rings (SSSR count). The molecule has 19 heavy (non-hydrogen) atoms. The van der Waals surface area contributed by atoms with Gasteiger partial charge in [0, 0.05) is 19.6 Å². The summed E-state index contributed by atoms with van der Waals surface area (Å²) in [7, 11) is 0. The molecular weight excluding hydrogens is 234 g/mol. The van der Waals surface area contributed by atoms with Crippen LogP contribution in [0.5, 0.6) is 0 Å². The molecule has 1 N–H and O–H groups in total. The molecule has 1 heterocycles. The van der Waals surface area contributed by atoms with Crippen LogP contribution in [0.25, 0.3) is 0 Å². The summed E-state index contributed by atoms with van der Waals surface area (Å²) in [5.74, 6) is 1.51. The third kappa shape index (κ3) is 3.70. The van der Waals surface area contributed by atoms with Gasteiger partial charge >= 0.3 is 0 Å². The van der Waals surface area contributed by atoms with Crippen molar-refractivity contribution < 1.29 is 0 Å². The predicted octanol–water partition coefficient (Wildman–Crippen LogP) is 2.78. The molecule has 0 bridgehead atoms. The third-order valence-electron chi connectivity index (χ3n) is 4.79. The summed E-state index contributed by atoms with van der Waals surface area (Å²) in [6, 6.07) is 2.72. The number of hydrogen-bond donors (Lipinski definition) is 1. The maximum Gasteiger partial charge on any atom is 0.109 e. The van der Waals surface area contributed by atoms with Gasteiger partial charge in [-0.1, -0.05) is 26.7 Å². The molecule has 0 aromatic rings. The third-order valence-corrected chi connectivity index (χ3v) is 4.79. The zero-order valence-corrected chi connectivity index (χ0v) is 12.6. The monoisotopic (exact) mass is 263 g/mol. The zero-order valence-electron chi connectivity index (χ0n) is 12.6. The number of nitrogens with zero attached hydrogens (tertiary/aromatic N) is 2. The molecule has 1 saturated carbocycles. The van der Waals surface area contributed by atoms with Gasteiger partial charge in [-0.15, -0.1) is 0 Å². The van der Waals surface area contributed by atoms with Crippen LogP contribution in [-0.2, 0) is 0 Å². The first-order chi connectivity index (χ1) is 9.16. The van der Waals surface area contributed by atoms with Crippen molar-refractivity contribution in [3.8, 4) is 6.07 Å². The molecule has 0 spiro atoms. The van der Waals surface area contributed by atoms with E-state index in [-0.39, 0.29) is 5.54 Å². The molecule has 0 radical (unpaired) electrons. The number of rotatable bonds is 3. The average molecular weight is 263 g/mol. The summed E-state index contributed by atoms with van der Waals surface area (Å²) >= 11 is 0. The van der Waals surface area contributed by atoms with Crippen molar-refractivity contribution in [1.82, 2.24) is 10.2 Å². The lowest BCUT2D eigenvalue weighted by molar-refractivity contribution is 0.0740. The first-order valence-corrected chi connectivity index (χ1v) is 8.03. The van der Waals surface area contributed by atoms with E-state index < -0.39 is 0 Å². The lowest BCUT2D eigenvalue weighted by Gasteiger charge is -2.44. The number of hydrogen-bond acceptors (Lipinski definition) is 3. The summed E-state index contributed by atoms with van der Waals surface area (Å²) in [5, 5.41) is 13.3. The summed E-state index contributed by atoms with van der Waals surface area (Å²) in [6.07, 6.45) is 7.20. The van der Waals surface area contributed by atoms with Crippen molar-refractivity contribution >= 4 is 0 Å². The molecule has 2 atom stereocenters. The molecule has 2 aliphatic rings. The normalized spacial score (nSPS) is 33.9. The van der Waals surface area contributed by atoms with E-state index in [0.29, 0.717) is 0 Å². The minimum absolute atomic E-state index is 0.163. The Morgan fingerprint density at radius 3 is 2.89 bits per heavy atom. The van der Waals surface area contributed by atoms with Gasteiger partial charge in [-0.2, -0.15) is 5.26 Å². The molecule has 3 nitrogen and oxygen atoms in total. The summed E-state index contributed by atoms with van der Waals surface area (Å²) in [4.78, 5) is 2.49. The smallest absolute Gasteiger partial charge is 0.109 e. The van der Waals surface area contributed by atoms with Crippen LogP contribution in [0.15, 0.2) is 0 Å². The lowest BCUT2D eigenvalue weighted by atomic mass is 9.73. The Bertz CT molecular complexity index is 312. The average Bonchev–Trinajstić information content (AvgIpc) is 2.67. The van der Waals surface area contributed by atoms with Gasteiger partial charge < -0.3 is 5.32 Å². The molecule has 2 fully saturated rings. The maximum atomic E-state index is 9.83. The molecule has 0 amide bonds. The molecule has 1 aliphatic carbocycles. The van der Waals surface area contributed by atoms with Gasteiger partial charge in [0.1, 0.15) is 5.54 Å². The summed E-state index contributed by atoms with van der Waals surface area (Å²) in [6.45, 7) is 8.89. The molecule has 2 unspecified atom stereocenters. The van der Waals surface area contributed by atoms with Gasteiger partial charge in [0.05, 0.1) is 6.07 Å². The van der Waals surface area contributed by atoms with E-state index in [9.17, 15) is 5.26 Å². The molecule has 3 heteroatoms. The standard InChI is InChI=1S/C16H29N3/c1-14(2)11-15-5-3-6-16(12-15,13-17)19-9-4-7-18-8-10-19/h14-15,18H,3-12H2,1-2H3. The molecule has 108 valence electrons. The summed E-state index contributed by atoms with van der Waals surface area (Å²) in [5.41, 5.74) is -0.163. The van der Waals surface area contributed by atoms with Crippen molar-refractivity contribution in [2.24, 2.45) is 11.8 Å². The van der Waals surface area contributed by atoms with Gasteiger partial charge in [-0.05, 0) is 44.1 Å². The van der Waals surface area contributed by atoms with Crippen molar-refractivity contribution in [3.05, 3.63) is 0 Å². The van der Waals surface area contributed by atoms with Crippen molar-refractivity contribution in [1.29, 1.82) is 5.26 Å². The molecule has 0 aromatic carbocycles. The van der Waals surface area contributed by atoms with Crippen LogP contribution in [0, 0.1) is 23.2 Å². The molecule has 1 aliphatic heterocycles. The van der Waals surface area contributed by atoms with Crippen LogP contribution >= 0.6 is 0 Å². The zero-order chi connectivity index (χ0) is 13.7. The van der Waals surface area contributed by atoms with Crippen molar-refractivity contribution in [3.63, 3.8) is 0 Å². The lowest BCUT2D eigenvalue weighted by Crippen LogP contribution is -2.52. The van der Waals surface area contributed by atoms with Crippen LogP contribution in [0.1, 0.15) is 52.4 Å². The molecule has 0 aromatic heterocycles. The summed E-state index contributed by atoms with van der Waals surface area (Å²) < 4.78 is 0. The Morgan fingerprint density at radius 1 is 1.32 bits per heavy atom. The second kappa shape index (κ2) is 6.72. The quantitative estimate of drug-likeness (QED) is 0.851. The fraction of sp³-hybridized carbons (Fsp3) is 0.938. The minimum atomic E-state index is -0.163. The minimum Gasteiger partial charge on any atom is -0.315 e. The number of nitriles is 1. The highest BCUT2D eigenvalue weighted by molar-refractivity contribution is 5.11. The van der Waals surface area contributed by atoms with E-state index in [2.05, 4.69) is 30.1 Å². The number of nitrogens with one attached hydrogen (secondary N) is 1. The van der Waals surface area contributed by atoms with Crippen molar-refractivity contribution in [2.45, 2.75) is 57.9 Å². The van der Waals surface area contributed by atoms with E-state index in [4.69, 9.17) is 0 Å². The first-order valence-electron chi connectivity index (χ1n) is 8.03. The van der Waals surface area contributed by atoms with Gasteiger partial charge in [-0.25, -0.2) is 0 Å². The van der Waals surface area contributed by atoms with Crippen LogP contribution in [0.3, 0.4) is 0 Å². The SMILES string of the molecule is CC(C)CC1CCCC(C#N)(N2CCCNCC2)C1.